The topological polar surface area (TPSA) is 27.2 Å². The van der Waals surface area contributed by atoms with Crippen LogP contribution < -0.4 is 9.05 Å². The first-order chi connectivity index (χ1) is 9.71. The largest absolute Gasteiger partial charge is 0.427 e. The second-order valence-corrected chi connectivity index (χ2v) is 5.22. The number of benzene rings is 2. The van der Waals surface area contributed by atoms with Gasteiger partial charge in [-0.1, -0.05) is 24.3 Å². The number of hydrogen-bond acceptors (Lipinski definition) is 2. The van der Waals surface area contributed by atoms with Gasteiger partial charge in [-0.15, -0.1) is 0 Å². The molecule has 0 bridgehead atoms. The molecule has 0 aliphatic carbocycles. The minimum absolute atomic E-state index is 0.534. The molecule has 0 radical (unpaired) electrons. The van der Waals surface area contributed by atoms with E-state index in [1.807, 2.05) is 0 Å². The van der Waals surface area contributed by atoms with Crippen LogP contribution >= 0.6 is 19.0 Å². The minimum Gasteiger partial charge on any atom is -0.427 e. The summed E-state index contributed by atoms with van der Waals surface area (Å²) in [6.07, 6.45) is 0. The Morgan fingerprint density at radius 1 is 0.750 bits per heavy atom. The molecule has 0 aliphatic rings. The lowest BCUT2D eigenvalue weighted by molar-refractivity contribution is 0.508. The monoisotopic (exact) mass is 302 g/mol. The van der Waals surface area contributed by atoms with E-state index in [0.717, 1.165) is 0 Å². The fraction of sp³-hybridized carbons (Fsp3) is 0. The highest BCUT2D eigenvalue weighted by Gasteiger charge is 2.11. The average Bonchev–Trinajstić information content (AvgIpc) is 2.49. The molecule has 0 atom stereocenters. The summed E-state index contributed by atoms with van der Waals surface area (Å²) < 4.78 is 10.8. The fourth-order valence-corrected chi connectivity index (χ4v) is 2.44. The van der Waals surface area contributed by atoms with Crippen molar-refractivity contribution in [3.63, 3.8) is 0 Å². The molecule has 2 rings (SSSR count). The normalized spacial score (nSPS) is 9.60. The summed E-state index contributed by atoms with van der Waals surface area (Å²) >= 11 is 6.00. The lowest BCUT2D eigenvalue weighted by Crippen LogP contribution is -1.89. The highest BCUT2D eigenvalue weighted by Crippen LogP contribution is 2.45. The Balaban J connectivity index is 1.95. The van der Waals surface area contributed by atoms with Crippen LogP contribution in [0, 0.1) is 13.1 Å². The van der Waals surface area contributed by atoms with Crippen LogP contribution in [0.25, 0.3) is 9.69 Å². The molecule has 2 aromatic carbocycles. The summed E-state index contributed by atoms with van der Waals surface area (Å²) in [6.45, 7) is 13.7. The Labute approximate surface area is 122 Å². The van der Waals surface area contributed by atoms with Gasteiger partial charge in [0.05, 0.1) is 13.1 Å². The molecule has 0 unspecified atom stereocenters. The molecule has 0 N–H and O–H groups in total. The third-order valence-electron chi connectivity index (χ3n) is 2.29. The van der Waals surface area contributed by atoms with Gasteiger partial charge in [0.25, 0.3) is 0 Å². The summed E-state index contributed by atoms with van der Waals surface area (Å²) in [5.41, 5.74) is 1.07. The van der Waals surface area contributed by atoms with Crippen LogP contribution in [0.3, 0.4) is 0 Å². The Bertz CT molecular complexity index is 600. The third kappa shape index (κ3) is 3.87. The van der Waals surface area contributed by atoms with Gasteiger partial charge in [0, 0.05) is 0 Å². The van der Waals surface area contributed by atoms with E-state index >= 15 is 0 Å². The van der Waals surface area contributed by atoms with Crippen LogP contribution in [0.4, 0.5) is 11.4 Å². The molecule has 0 aliphatic heterocycles. The van der Waals surface area contributed by atoms with Crippen molar-refractivity contribution in [1.29, 1.82) is 0 Å². The summed E-state index contributed by atoms with van der Waals surface area (Å²) in [5.74, 6) is 1.08. The second-order valence-electron chi connectivity index (χ2n) is 3.61. The summed E-state index contributed by atoms with van der Waals surface area (Å²) in [7, 11) is -1.64. The van der Waals surface area contributed by atoms with Gasteiger partial charge in [0.2, 0.25) is 0 Å². The van der Waals surface area contributed by atoms with E-state index in [-0.39, 0.29) is 0 Å². The van der Waals surface area contributed by atoms with E-state index in [1.54, 1.807) is 48.5 Å². The van der Waals surface area contributed by atoms with Crippen LogP contribution in [-0.2, 0) is 0 Å². The maximum Gasteiger partial charge on any atom is 0.401 e. The predicted molar refractivity (Wildman–Crippen MR) is 79.4 cm³/mol. The van der Waals surface area contributed by atoms with E-state index in [1.165, 1.54) is 0 Å². The molecule has 0 heterocycles. The van der Waals surface area contributed by atoms with Crippen molar-refractivity contribution >= 4 is 30.3 Å². The van der Waals surface area contributed by atoms with Gasteiger partial charge in [-0.3, -0.25) is 0 Å². The maximum atomic E-state index is 6.85. The van der Waals surface area contributed by atoms with Crippen molar-refractivity contribution in [2.24, 2.45) is 0 Å². The lowest BCUT2D eigenvalue weighted by Gasteiger charge is -2.12. The molecule has 0 saturated heterocycles. The van der Waals surface area contributed by atoms with Crippen molar-refractivity contribution in [1.82, 2.24) is 0 Å². The molecule has 0 amide bonds. The molecule has 0 spiro atoms. The smallest absolute Gasteiger partial charge is 0.401 e. The van der Waals surface area contributed by atoms with Gasteiger partial charge in [-0.25, -0.2) is 9.69 Å². The molecule has 0 fully saturated rings. The van der Waals surface area contributed by atoms with Gasteiger partial charge in [0.1, 0.15) is 11.5 Å². The van der Waals surface area contributed by atoms with E-state index in [4.69, 9.17) is 33.4 Å². The average molecular weight is 303 g/mol. The van der Waals surface area contributed by atoms with Gasteiger partial charge < -0.3 is 9.05 Å². The number of nitrogens with zero attached hydrogens (tertiary/aromatic N) is 2. The Morgan fingerprint density at radius 3 is 1.40 bits per heavy atom. The molecule has 20 heavy (non-hydrogen) atoms. The first kappa shape index (κ1) is 14.2. The third-order valence-corrected chi connectivity index (χ3v) is 3.41. The Kier molecular flexibility index (Phi) is 4.80. The number of halogens is 1. The summed E-state index contributed by atoms with van der Waals surface area (Å²) in [5, 5.41) is 0. The van der Waals surface area contributed by atoms with Crippen LogP contribution in [-0.4, -0.2) is 0 Å². The van der Waals surface area contributed by atoms with Crippen LogP contribution in [0.15, 0.2) is 48.5 Å². The van der Waals surface area contributed by atoms with Gasteiger partial charge in [0.15, 0.2) is 11.4 Å². The maximum absolute atomic E-state index is 6.85. The molecule has 6 heteroatoms. The van der Waals surface area contributed by atoms with Gasteiger partial charge in [-0.2, -0.15) is 0 Å². The second kappa shape index (κ2) is 6.78. The van der Waals surface area contributed by atoms with E-state index in [0.29, 0.717) is 22.9 Å². The van der Waals surface area contributed by atoms with E-state index < -0.39 is 7.73 Å². The summed E-state index contributed by atoms with van der Waals surface area (Å²) in [4.78, 5) is 6.57. The molecule has 2 aromatic rings. The Hall–Kier alpha value is -2.26. The Morgan fingerprint density at radius 2 is 1.10 bits per heavy atom. The molecular formula is C14H8ClN2O2P. The first-order valence-electron chi connectivity index (χ1n) is 5.48. The van der Waals surface area contributed by atoms with E-state index in [9.17, 15) is 0 Å². The first-order valence-corrected chi connectivity index (χ1v) is 7.56. The van der Waals surface area contributed by atoms with Crippen LogP contribution in [0.5, 0.6) is 11.5 Å². The van der Waals surface area contributed by atoms with Crippen molar-refractivity contribution < 1.29 is 9.05 Å². The van der Waals surface area contributed by atoms with Gasteiger partial charge in [-0.05, 0) is 35.5 Å². The van der Waals surface area contributed by atoms with Crippen LogP contribution in [0.1, 0.15) is 0 Å². The predicted octanol–water partition coefficient (Wildman–Crippen LogP) is 5.71. The quantitative estimate of drug-likeness (QED) is 0.534. The van der Waals surface area contributed by atoms with Crippen molar-refractivity contribution in [2.75, 3.05) is 0 Å². The SMILES string of the molecule is [C-]#[N+]c1ccc(OP(Cl)Oc2ccc([N+]#[C-])cc2)cc1. The van der Waals surface area contributed by atoms with Crippen molar-refractivity contribution in [3.05, 3.63) is 71.4 Å². The zero-order chi connectivity index (χ0) is 14.4. The van der Waals surface area contributed by atoms with Crippen molar-refractivity contribution in [2.45, 2.75) is 0 Å². The fourth-order valence-electron chi connectivity index (χ4n) is 1.35. The molecule has 98 valence electrons. The minimum atomic E-state index is -1.64. The van der Waals surface area contributed by atoms with Crippen LogP contribution in [0.2, 0.25) is 0 Å². The van der Waals surface area contributed by atoms with E-state index in [2.05, 4.69) is 9.69 Å². The zero-order valence-electron chi connectivity index (χ0n) is 10.2. The molecular weight excluding hydrogens is 295 g/mol. The molecule has 0 aromatic heterocycles. The zero-order valence-corrected chi connectivity index (χ0v) is 11.8. The number of hydrogen-bond donors (Lipinski definition) is 0. The molecule has 4 nitrogen and oxygen atoms in total. The number of rotatable bonds is 4. The van der Waals surface area contributed by atoms with Crippen molar-refractivity contribution in [3.8, 4) is 11.5 Å². The lowest BCUT2D eigenvalue weighted by atomic mass is 10.3. The standard InChI is InChI=1S/C14H8ClN2O2P/c1-16-11-3-7-13(8-4-11)18-20(15)19-14-9-5-12(17-2)6-10-14/h3-10H. The highest BCUT2D eigenvalue weighted by atomic mass is 35.7. The highest BCUT2D eigenvalue weighted by molar-refractivity contribution is 7.76. The molecule has 0 saturated carbocycles. The van der Waals surface area contributed by atoms with Gasteiger partial charge >= 0.3 is 7.73 Å². The summed E-state index contributed by atoms with van der Waals surface area (Å²) in [6, 6.07) is 13.2.